The smallest absolute Gasteiger partial charge is 0.179 e. The third-order valence-electron chi connectivity index (χ3n) is 2.93. The van der Waals surface area contributed by atoms with Gasteiger partial charge in [-0.2, -0.15) is 0 Å². The molecule has 2 aromatic heterocycles. The van der Waals surface area contributed by atoms with Crippen molar-refractivity contribution in [3.8, 4) is 0 Å². The molecule has 0 saturated heterocycles. The zero-order chi connectivity index (χ0) is 15.1. The molecule has 21 heavy (non-hydrogen) atoms. The molecule has 2 aromatic rings. The van der Waals surface area contributed by atoms with Crippen LogP contribution in [-0.2, 0) is 0 Å². The molecular formula is C14H20N4S3. The van der Waals surface area contributed by atoms with E-state index in [0.29, 0.717) is 6.04 Å². The highest BCUT2D eigenvalue weighted by Crippen LogP contribution is 2.32. The van der Waals surface area contributed by atoms with Crippen LogP contribution in [0.1, 0.15) is 38.4 Å². The summed E-state index contributed by atoms with van der Waals surface area (Å²) in [6.07, 6.45) is 6.13. The monoisotopic (exact) mass is 340 g/mol. The van der Waals surface area contributed by atoms with Gasteiger partial charge in [-0.15, -0.1) is 10.2 Å². The van der Waals surface area contributed by atoms with Gasteiger partial charge in [0.1, 0.15) is 0 Å². The second-order valence-corrected chi connectivity index (χ2v) is 7.83. The second kappa shape index (κ2) is 8.73. The van der Waals surface area contributed by atoms with Crippen molar-refractivity contribution in [1.29, 1.82) is 0 Å². The Morgan fingerprint density at radius 1 is 1.24 bits per heavy atom. The molecule has 0 aliphatic heterocycles. The number of thioether (sulfide) groups is 1. The third-order valence-corrected chi connectivity index (χ3v) is 5.86. The maximum atomic E-state index is 4.59. The molecule has 0 amide bonds. The molecule has 0 spiro atoms. The molecule has 4 nitrogen and oxygen atoms in total. The lowest BCUT2D eigenvalue weighted by Gasteiger charge is -2.16. The first kappa shape index (κ1) is 16.7. The van der Waals surface area contributed by atoms with E-state index < -0.39 is 0 Å². The minimum Gasteiger partial charge on any atom is -0.309 e. The summed E-state index contributed by atoms with van der Waals surface area (Å²) in [5.41, 5.74) is 1.11. The van der Waals surface area contributed by atoms with Gasteiger partial charge in [0.05, 0.1) is 5.69 Å². The molecule has 1 atom stereocenters. The lowest BCUT2D eigenvalue weighted by Crippen LogP contribution is -2.22. The molecule has 0 aliphatic carbocycles. The maximum absolute atomic E-state index is 4.59. The van der Waals surface area contributed by atoms with Gasteiger partial charge in [0.25, 0.3) is 0 Å². The Labute approximate surface area is 138 Å². The van der Waals surface area contributed by atoms with E-state index in [9.17, 15) is 0 Å². The molecule has 0 aromatic carbocycles. The number of nitrogens with one attached hydrogen (secondary N) is 1. The number of aromatic nitrogens is 3. The van der Waals surface area contributed by atoms with E-state index in [-0.39, 0.29) is 0 Å². The van der Waals surface area contributed by atoms with Crippen molar-refractivity contribution in [3.05, 3.63) is 24.0 Å². The molecule has 114 valence electrons. The summed E-state index contributed by atoms with van der Waals surface area (Å²) in [7, 11) is 0. The lowest BCUT2D eigenvalue weighted by atomic mass is 10.1. The van der Waals surface area contributed by atoms with E-state index in [4.69, 9.17) is 0 Å². The minimum absolute atomic E-state index is 0.341. The highest BCUT2D eigenvalue weighted by atomic mass is 32.2. The lowest BCUT2D eigenvalue weighted by molar-refractivity contribution is 0.507. The topological polar surface area (TPSA) is 50.7 Å². The molecule has 0 radical (unpaired) electrons. The molecule has 2 rings (SSSR count). The Morgan fingerprint density at radius 3 is 2.62 bits per heavy atom. The molecular weight excluding hydrogens is 320 g/mol. The predicted octanol–water partition coefficient (Wildman–Crippen LogP) is 4.26. The van der Waals surface area contributed by atoms with Crippen LogP contribution in [0.2, 0.25) is 0 Å². The summed E-state index contributed by atoms with van der Waals surface area (Å²) in [5.74, 6) is 0. The quantitative estimate of drug-likeness (QED) is 0.725. The van der Waals surface area contributed by atoms with Crippen molar-refractivity contribution < 1.29 is 0 Å². The summed E-state index contributed by atoms with van der Waals surface area (Å²) >= 11 is 4.86. The van der Waals surface area contributed by atoms with Crippen molar-refractivity contribution in [1.82, 2.24) is 20.5 Å². The molecule has 0 bridgehead atoms. The number of nitrogens with zero attached hydrogens (tertiary/aromatic N) is 3. The van der Waals surface area contributed by atoms with Gasteiger partial charge in [0.2, 0.25) is 0 Å². The van der Waals surface area contributed by atoms with Crippen LogP contribution in [0.25, 0.3) is 0 Å². The van der Waals surface area contributed by atoms with Gasteiger partial charge in [0.15, 0.2) is 8.68 Å². The van der Waals surface area contributed by atoms with Crippen LogP contribution in [0, 0.1) is 0 Å². The summed E-state index contributed by atoms with van der Waals surface area (Å²) in [6.45, 7) is 5.39. The van der Waals surface area contributed by atoms with E-state index >= 15 is 0 Å². The van der Waals surface area contributed by atoms with Gasteiger partial charge in [-0.1, -0.05) is 48.7 Å². The van der Waals surface area contributed by atoms with Crippen LogP contribution in [-0.4, -0.2) is 28.0 Å². The average molecular weight is 341 g/mol. The number of hydrogen-bond acceptors (Lipinski definition) is 7. The molecule has 2 heterocycles. The van der Waals surface area contributed by atoms with Gasteiger partial charge in [0, 0.05) is 17.1 Å². The van der Waals surface area contributed by atoms with Gasteiger partial charge in [-0.3, -0.25) is 4.98 Å². The van der Waals surface area contributed by atoms with Crippen LogP contribution in [0.15, 0.2) is 31.9 Å². The summed E-state index contributed by atoms with van der Waals surface area (Å²) in [6, 6.07) is 4.56. The minimum atomic E-state index is 0.341. The van der Waals surface area contributed by atoms with Crippen LogP contribution in [0.4, 0.5) is 0 Å². The first-order valence-corrected chi connectivity index (χ1v) is 9.87. The zero-order valence-electron chi connectivity index (χ0n) is 12.5. The van der Waals surface area contributed by atoms with E-state index in [0.717, 1.165) is 38.7 Å². The largest absolute Gasteiger partial charge is 0.309 e. The van der Waals surface area contributed by atoms with Crippen LogP contribution in [0.5, 0.6) is 0 Å². The summed E-state index contributed by atoms with van der Waals surface area (Å²) in [5, 5.41) is 11.8. The molecule has 1 unspecified atom stereocenters. The highest BCUT2D eigenvalue weighted by Gasteiger charge is 2.10. The Bertz CT molecular complexity index is 541. The van der Waals surface area contributed by atoms with Gasteiger partial charge >= 0.3 is 0 Å². The summed E-state index contributed by atoms with van der Waals surface area (Å²) < 4.78 is 1.96. The SMILES string of the molecule is CCCNC(CC)c1ccc(Sc2nnc(SC)s2)cn1. The van der Waals surface area contributed by atoms with Crippen LogP contribution >= 0.6 is 34.9 Å². The molecule has 1 N–H and O–H groups in total. The van der Waals surface area contributed by atoms with Gasteiger partial charge in [-0.25, -0.2) is 0 Å². The van der Waals surface area contributed by atoms with Crippen molar-refractivity contribution in [2.24, 2.45) is 0 Å². The molecule has 7 heteroatoms. The fourth-order valence-electron chi connectivity index (χ4n) is 1.86. The second-order valence-electron chi connectivity index (χ2n) is 4.47. The van der Waals surface area contributed by atoms with Crippen molar-refractivity contribution in [2.75, 3.05) is 12.8 Å². The predicted molar refractivity (Wildman–Crippen MR) is 91.4 cm³/mol. The Balaban J connectivity index is 2.00. The van der Waals surface area contributed by atoms with E-state index in [1.807, 2.05) is 12.5 Å². The van der Waals surface area contributed by atoms with Crippen molar-refractivity contribution >= 4 is 34.9 Å². The van der Waals surface area contributed by atoms with Crippen molar-refractivity contribution in [2.45, 2.75) is 46.3 Å². The van der Waals surface area contributed by atoms with Crippen molar-refractivity contribution in [3.63, 3.8) is 0 Å². The Hall–Kier alpha value is -0.630. The van der Waals surface area contributed by atoms with E-state index in [1.54, 1.807) is 34.9 Å². The highest BCUT2D eigenvalue weighted by molar-refractivity contribution is 8.03. The average Bonchev–Trinajstić information content (AvgIpc) is 2.97. The summed E-state index contributed by atoms with van der Waals surface area (Å²) in [4.78, 5) is 5.70. The first-order chi connectivity index (χ1) is 10.3. The fourth-order valence-corrected chi connectivity index (χ4v) is 4.24. The molecule has 0 fully saturated rings. The van der Waals surface area contributed by atoms with Crippen LogP contribution < -0.4 is 5.32 Å². The van der Waals surface area contributed by atoms with E-state index in [2.05, 4.69) is 46.5 Å². The van der Waals surface area contributed by atoms with Crippen LogP contribution in [0.3, 0.4) is 0 Å². The standard InChI is InChI=1S/C14H20N4S3/c1-4-8-15-11(5-2)12-7-6-10(9-16-12)20-14-18-17-13(19-3)21-14/h6-7,9,11,15H,4-5,8H2,1-3H3. The van der Waals surface area contributed by atoms with Gasteiger partial charge < -0.3 is 5.32 Å². The Morgan fingerprint density at radius 2 is 2.05 bits per heavy atom. The number of pyridine rings is 1. The third kappa shape index (κ3) is 4.95. The van der Waals surface area contributed by atoms with Gasteiger partial charge in [-0.05, 0) is 37.8 Å². The number of hydrogen-bond donors (Lipinski definition) is 1. The zero-order valence-corrected chi connectivity index (χ0v) is 14.9. The first-order valence-electron chi connectivity index (χ1n) is 7.01. The molecule has 0 aliphatic rings. The Kier molecular flexibility index (Phi) is 6.95. The maximum Gasteiger partial charge on any atom is 0.179 e. The molecule has 0 saturated carbocycles. The normalized spacial score (nSPS) is 12.5. The fraction of sp³-hybridized carbons (Fsp3) is 0.500. The van der Waals surface area contributed by atoms with E-state index in [1.165, 1.54) is 0 Å². The number of rotatable bonds is 8.